The number of ether oxygens (including phenoxy) is 2. The van der Waals surface area contributed by atoms with E-state index in [-0.39, 0.29) is 5.54 Å². The predicted octanol–water partition coefficient (Wildman–Crippen LogP) is 1.71. The van der Waals surface area contributed by atoms with Crippen molar-refractivity contribution >= 4 is 0 Å². The van der Waals surface area contributed by atoms with Gasteiger partial charge in [-0.1, -0.05) is 0 Å². The summed E-state index contributed by atoms with van der Waals surface area (Å²) in [7, 11) is 0. The SMILES string of the molecule is CC1CCC(CNC2(C)CCOC2C)O1. The largest absolute Gasteiger partial charge is 0.377 e. The summed E-state index contributed by atoms with van der Waals surface area (Å²) in [6.07, 6.45) is 4.67. The molecule has 2 aliphatic rings. The summed E-state index contributed by atoms with van der Waals surface area (Å²) >= 11 is 0. The van der Waals surface area contributed by atoms with Gasteiger partial charge in [-0.2, -0.15) is 0 Å². The van der Waals surface area contributed by atoms with Crippen LogP contribution in [0, 0.1) is 0 Å². The molecule has 4 atom stereocenters. The van der Waals surface area contributed by atoms with Gasteiger partial charge in [-0.05, 0) is 40.0 Å². The molecule has 4 unspecified atom stereocenters. The normalized spacial score (nSPS) is 46.2. The number of nitrogens with one attached hydrogen (secondary N) is 1. The molecular formula is C12H23NO2. The van der Waals surface area contributed by atoms with Crippen molar-refractivity contribution in [1.29, 1.82) is 0 Å². The number of hydrogen-bond acceptors (Lipinski definition) is 3. The van der Waals surface area contributed by atoms with Crippen molar-refractivity contribution in [1.82, 2.24) is 5.32 Å². The van der Waals surface area contributed by atoms with Gasteiger partial charge in [-0.15, -0.1) is 0 Å². The Labute approximate surface area is 92.5 Å². The number of rotatable bonds is 3. The van der Waals surface area contributed by atoms with Crippen molar-refractivity contribution in [3.8, 4) is 0 Å². The average Bonchev–Trinajstić information content (AvgIpc) is 2.73. The van der Waals surface area contributed by atoms with Gasteiger partial charge in [0, 0.05) is 18.7 Å². The Morgan fingerprint density at radius 2 is 2.13 bits per heavy atom. The summed E-state index contributed by atoms with van der Waals surface area (Å²) in [6, 6.07) is 0. The van der Waals surface area contributed by atoms with Crippen LogP contribution in [0.25, 0.3) is 0 Å². The van der Waals surface area contributed by atoms with Gasteiger partial charge in [0.25, 0.3) is 0 Å². The van der Waals surface area contributed by atoms with Crippen LogP contribution in [0.1, 0.15) is 40.0 Å². The van der Waals surface area contributed by atoms with E-state index in [9.17, 15) is 0 Å². The Bertz CT molecular complexity index is 222. The van der Waals surface area contributed by atoms with Crippen molar-refractivity contribution in [3.63, 3.8) is 0 Å². The monoisotopic (exact) mass is 213 g/mol. The zero-order valence-electron chi connectivity index (χ0n) is 10.1. The summed E-state index contributed by atoms with van der Waals surface area (Å²) in [5, 5.41) is 3.62. The number of hydrogen-bond donors (Lipinski definition) is 1. The van der Waals surface area contributed by atoms with Crippen LogP contribution in [0.3, 0.4) is 0 Å². The molecule has 0 aromatic rings. The molecule has 2 heterocycles. The third-order valence-corrected chi connectivity index (χ3v) is 3.94. The fraction of sp³-hybridized carbons (Fsp3) is 1.00. The first-order valence-electron chi connectivity index (χ1n) is 6.12. The maximum atomic E-state index is 5.80. The molecule has 0 bridgehead atoms. The van der Waals surface area contributed by atoms with E-state index in [1.165, 1.54) is 12.8 Å². The van der Waals surface area contributed by atoms with Crippen LogP contribution in [-0.4, -0.2) is 37.0 Å². The molecule has 0 aromatic carbocycles. The van der Waals surface area contributed by atoms with Crippen LogP contribution >= 0.6 is 0 Å². The highest BCUT2D eigenvalue weighted by atomic mass is 16.5. The lowest BCUT2D eigenvalue weighted by atomic mass is 9.94. The van der Waals surface area contributed by atoms with E-state index in [4.69, 9.17) is 9.47 Å². The molecule has 2 rings (SSSR count). The Morgan fingerprint density at radius 1 is 1.33 bits per heavy atom. The van der Waals surface area contributed by atoms with E-state index < -0.39 is 0 Å². The maximum Gasteiger partial charge on any atom is 0.0726 e. The van der Waals surface area contributed by atoms with Crippen LogP contribution in [0.2, 0.25) is 0 Å². The Balaban J connectivity index is 1.77. The second-order valence-corrected chi connectivity index (χ2v) is 5.21. The highest BCUT2D eigenvalue weighted by Crippen LogP contribution is 2.26. The second-order valence-electron chi connectivity index (χ2n) is 5.21. The van der Waals surface area contributed by atoms with Crippen LogP contribution in [-0.2, 0) is 9.47 Å². The quantitative estimate of drug-likeness (QED) is 0.774. The van der Waals surface area contributed by atoms with E-state index in [1.54, 1.807) is 0 Å². The zero-order valence-corrected chi connectivity index (χ0v) is 10.1. The van der Waals surface area contributed by atoms with Crippen LogP contribution in [0.4, 0.5) is 0 Å². The molecule has 1 N–H and O–H groups in total. The van der Waals surface area contributed by atoms with Gasteiger partial charge in [0.2, 0.25) is 0 Å². The molecular weight excluding hydrogens is 190 g/mol. The molecule has 15 heavy (non-hydrogen) atoms. The molecule has 0 radical (unpaired) electrons. The fourth-order valence-corrected chi connectivity index (χ4v) is 2.45. The van der Waals surface area contributed by atoms with Gasteiger partial charge >= 0.3 is 0 Å². The Morgan fingerprint density at radius 3 is 2.67 bits per heavy atom. The lowest BCUT2D eigenvalue weighted by molar-refractivity contribution is 0.0424. The van der Waals surface area contributed by atoms with Crippen LogP contribution in [0.15, 0.2) is 0 Å². The van der Waals surface area contributed by atoms with Gasteiger partial charge < -0.3 is 14.8 Å². The second kappa shape index (κ2) is 4.40. The Hall–Kier alpha value is -0.120. The third kappa shape index (κ3) is 2.52. The first-order valence-corrected chi connectivity index (χ1v) is 6.12. The van der Waals surface area contributed by atoms with Crippen molar-refractivity contribution in [2.45, 2.75) is 63.9 Å². The van der Waals surface area contributed by atoms with Gasteiger partial charge in [0.05, 0.1) is 18.3 Å². The van der Waals surface area contributed by atoms with Gasteiger partial charge in [-0.25, -0.2) is 0 Å². The van der Waals surface area contributed by atoms with E-state index in [2.05, 4.69) is 26.1 Å². The Kier molecular flexibility index (Phi) is 3.33. The predicted molar refractivity (Wildman–Crippen MR) is 60.0 cm³/mol. The molecule has 2 fully saturated rings. The first kappa shape index (κ1) is 11.4. The molecule has 2 aliphatic heterocycles. The van der Waals surface area contributed by atoms with E-state index in [1.807, 2.05) is 0 Å². The fourth-order valence-electron chi connectivity index (χ4n) is 2.45. The molecule has 3 heteroatoms. The van der Waals surface area contributed by atoms with Crippen molar-refractivity contribution in [2.24, 2.45) is 0 Å². The first-order chi connectivity index (χ1) is 7.10. The van der Waals surface area contributed by atoms with Crippen molar-refractivity contribution in [2.75, 3.05) is 13.2 Å². The summed E-state index contributed by atoms with van der Waals surface area (Å²) in [5.74, 6) is 0. The topological polar surface area (TPSA) is 30.5 Å². The zero-order chi connectivity index (χ0) is 10.9. The lowest BCUT2D eigenvalue weighted by Crippen LogP contribution is -2.50. The molecule has 0 aliphatic carbocycles. The van der Waals surface area contributed by atoms with Crippen molar-refractivity contribution in [3.05, 3.63) is 0 Å². The lowest BCUT2D eigenvalue weighted by Gasteiger charge is -2.30. The summed E-state index contributed by atoms with van der Waals surface area (Å²) in [6.45, 7) is 8.41. The molecule has 0 aromatic heterocycles. The smallest absolute Gasteiger partial charge is 0.0726 e. The standard InChI is InChI=1S/C12H23NO2/c1-9-4-5-11(15-9)8-13-12(3)6-7-14-10(12)2/h9-11,13H,4-8H2,1-3H3. The highest BCUT2D eigenvalue weighted by molar-refractivity contribution is 4.94. The molecule has 3 nitrogen and oxygen atoms in total. The molecule has 2 saturated heterocycles. The van der Waals surface area contributed by atoms with E-state index in [0.29, 0.717) is 18.3 Å². The average molecular weight is 213 g/mol. The van der Waals surface area contributed by atoms with Gasteiger partial charge in [0.1, 0.15) is 0 Å². The van der Waals surface area contributed by atoms with Gasteiger partial charge in [0.15, 0.2) is 0 Å². The highest BCUT2D eigenvalue weighted by Gasteiger charge is 2.37. The summed E-state index contributed by atoms with van der Waals surface area (Å²) in [5.41, 5.74) is 0.148. The molecule has 0 spiro atoms. The van der Waals surface area contributed by atoms with Crippen LogP contribution in [0.5, 0.6) is 0 Å². The molecule has 0 amide bonds. The summed E-state index contributed by atoms with van der Waals surface area (Å²) < 4.78 is 11.4. The van der Waals surface area contributed by atoms with E-state index >= 15 is 0 Å². The van der Waals surface area contributed by atoms with Gasteiger partial charge in [-0.3, -0.25) is 0 Å². The minimum atomic E-state index is 0.148. The van der Waals surface area contributed by atoms with E-state index in [0.717, 1.165) is 19.6 Å². The van der Waals surface area contributed by atoms with Crippen LogP contribution < -0.4 is 5.32 Å². The molecule has 0 saturated carbocycles. The van der Waals surface area contributed by atoms with Crippen molar-refractivity contribution < 1.29 is 9.47 Å². The minimum absolute atomic E-state index is 0.148. The minimum Gasteiger partial charge on any atom is -0.377 e. The maximum absolute atomic E-state index is 5.80. The third-order valence-electron chi connectivity index (χ3n) is 3.94. The summed E-state index contributed by atoms with van der Waals surface area (Å²) in [4.78, 5) is 0. The molecule has 88 valence electrons.